The maximum Gasteiger partial charge on any atom is 0.258 e. The third-order valence-corrected chi connectivity index (χ3v) is 3.92. The molecule has 0 bridgehead atoms. The molecule has 0 radical (unpaired) electrons. The van der Waals surface area contributed by atoms with Gasteiger partial charge in [0.1, 0.15) is 5.75 Å². The van der Waals surface area contributed by atoms with E-state index in [0.29, 0.717) is 12.1 Å². The van der Waals surface area contributed by atoms with E-state index in [0.717, 1.165) is 24.8 Å². The molecule has 2 unspecified atom stereocenters. The predicted octanol–water partition coefficient (Wildman–Crippen LogP) is 2.04. The van der Waals surface area contributed by atoms with Crippen molar-refractivity contribution in [2.45, 2.75) is 45.2 Å². The van der Waals surface area contributed by atoms with Gasteiger partial charge in [0.15, 0.2) is 0 Å². The fraction of sp³-hybridized carbons (Fsp3) is 0.533. The van der Waals surface area contributed by atoms with Gasteiger partial charge in [0, 0.05) is 18.6 Å². The Morgan fingerprint density at radius 2 is 2.21 bits per heavy atom. The number of aromatic hydroxyl groups is 1. The van der Waals surface area contributed by atoms with E-state index < -0.39 is 0 Å². The number of aryl methyl sites for hydroxylation is 1. The average molecular weight is 262 g/mol. The molecule has 2 atom stereocenters. The molecule has 104 valence electrons. The van der Waals surface area contributed by atoms with E-state index in [-0.39, 0.29) is 23.7 Å². The van der Waals surface area contributed by atoms with Crippen LogP contribution < -0.4 is 5.73 Å². The number of carbonyl (C=O) groups is 1. The summed E-state index contributed by atoms with van der Waals surface area (Å²) in [6.07, 6.45) is 3.04. The Kier molecular flexibility index (Phi) is 4.10. The van der Waals surface area contributed by atoms with E-state index in [2.05, 4.69) is 0 Å². The number of hydrogen-bond donors (Lipinski definition) is 2. The lowest BCUT2D eigenvalue weighted by Gasteiger charge is -2.40. The number of nitrogens with two attached hydrogens (primary N) is 1. The highest BCUT2D eigenvalue weighted by Crippen LogP contribution is 2.27. The summed E-state index contributed by atoms with van der Waals surface area (Å²) < 4.78 is 0. The minimum Gasteiger partial charge on any atom is -0.507 e. The van der Waals surface area contributed by atoms with Gasteiger partial charge in [-0.25, -0.2) is 0 Å². The zero-order chi connectivity index (χ0) is 14.0. The van der Waals surface area contributed by atoms with Crippen LogP contribution in [0, 0.1) is 6.92 Å². The third-order valence-electron chi connectivity index (χ3n) is 3.92. The summed E-state index contributed by atoms with van der Waals surface area (Å²) in [5.41, 5.74) is 7.09. The molecule has 3 N–H and O–H groups in total. The molecular weight excluding hydrogens is 240 g/mol. The summed E-state index contributed by atoms with van der Waals surface area (Å²) in [7, 11) is 0. The number of hydrogen-bond acceptors (Lipinski definition) is 3. The lowest BCUT2D eigenvalue weighted by molar-refractivity contribution is 0.0491. The second-order valence-electron chi connectivity index (χ2n) is 5.40. The van der Waals surface area contributed by atoms with Crippen LogP contribution in [0.4, 0.5) is 0 Å². The van der Waals surface area contributed by atoms with E-state index in [1.165, 1.54) is 0 Å². The van der Waals surface area contributed by atoms with Crippen molar-refractivity contribution in [2.24, 2.45) is 5.73 Å². The first-order chi connectivity index (χ1) is 9.04. The van der Waals surface area contributed by atoms with Crippen molar-refractivity contribution in [1.82, 2.24) is 4.90 Å². The van der Waals surface area contributed by atoms with E-state index in [1.54, 1.807) is 12.1 Å². The highest BCUT2D eigenvalue weighted by atomic mass is 16.3. The summed E-state index contributed by atoms with van der Waals surface area (Å²) in [6, 6.07) is 5.42. The summed E-state index contributed by atoms with van der Waals surface area (Å²) in [4.78, 5) is 14.5. The summed E-state index contributed by atoms with van der Waals surface area (Å²) in [5, 5.41) is 9.96. The van der Waals surface area contributed by atoms with Gasteiger partial charge in [-0.15, -0.1) is 0 Å². The standard InChI is InChI=1S/C15H22N2O2/c1-10-6-7-13(14(18)8-10)15(19)17-11(2)4-3-5-12(17)9-16/h6-8,11-12,18H,3-5,9,16H2,1-2H3. The van der Waals surface area contributed by atoms with Crippen molar-refractivity contribution in [3.8, 4) is 5.75 Å². The fourth-order valence-electron chi connectivity index (χ4n) is 2.85. The highest BCUT2D eigenvalue weighted by Gasteiger charge is 2.32. The molecule has 0 aromatic heterocycles. The summed E-state index contributed by atoms with van der Waals surface area (Å²) >= 11 is 0. The van der Waals surface area contributed by atoms with Gasteiger partial charge in [0.05, 0.1) is 5.56 Å². The first-order valence-corrected chi connectivity index (χ1v) is 6.87. The number of nitrogens with zero attached hydrogens (tertiary/aromatic N) is 1. The number of piperidine rings is 1. The van der Waals surface area contributed by atoms with Gasteiger partial charge in [-0.05, 0) is 50.8 Å². The van der Waals surface area contributed by atoms with Gasteiger partial charge < -0.3 is 15.7 Å². The molecule has 2 rings (SSSR count). The maximum atomic E-state index is 12.6. The van der Waals surface area contributed by atoms with E-state index in [1.807, 2.05) is 24.8 Å². The molecule has 19 heavy (non-hydrogen) atoms. The molecule has 1 aliphatic heterocycles. The highest BCUT2D eigenvalue weighted by molar-refractivity contribution is 5.97. The Morgan fingerprint density at radius 1 is 1.47 bits per heavy atom. The largest absolute Gasteiger partial charge is 0.507 e. The van der Waals surface area contributed by atoms with Crippen molar-refractivity contribution in [3.05, 3.63) is 29.3 Å². The number of carbonyl (C=O) groups excluding carboxylic acids is 1. The molecule has 1 fully saturated rings. The molecule has 0 aliphatic carbocycles. The molecule has 4 heteroatoms. The van der Waals surface area contributed by atoms with Crippen LogP contribution in [0.2, 0.25) is 0 Å². The quantitative estimate of drug-likeness (QED) is 0.857. The molecule has 0 spiro atoms. The maximum absolute atomic E-state index is 12.6. The van der Waals surface area contributed by atoms with E-state index >= 15 is 0 Å². The minimum atomic E-state index is -0.111. The third kappa shape index (κ3) is 2.73. The van der Waals surface area contributed by atoms with Crippen molar-refractivity contribution < 1.29 is 9.90 Å². The zero-order valence-electron chi connectivity index (χ0n) is 11.6. The Balaban J connectivity index is 2.30. The topological polar surface area (TPSA) is 66.6 Å². The lowest BCUT2D eigenvalue weighted by Crippen LogP contribution is -2.51. The van der Waals surface area contributed by atoms with E-state index in [4.69, 9.17) is 5.73 Å². The van der Waals surface area contributed by atoms with Crippen molar-refractivity contribution >= 4 is 5.91 Å². The Bertz CT molecular complexity index is 473. The summed E-state index contributed by atoms with van der Waals surface area (Å²) in [6.45, 7) is 4.41. The van der Waals surface area contributed by atoms with Crippen LogP contribution in [-0.2, 0) is 0 Å². The first-order valence-electron chi connectivity index (χ1n) is 6.87. The number of benzene rings is 1. The Labute approximate surface area is 114 Å². The number of likely N-dealkylation sites (tertiary alicyclic amines) is 1. The van der Waals surface area contributed by atoms with Gasteiger partial charge in [0.25, 0.3) is 5.91 Å². The van der Waals surface area contributed by atoms with Crippen molar-refractivity contribution in [2.75, 3.05) is 6.54 Å². The van der Waals surface area contributed by atoms with Crippen molar-refractivity contribution in [3.63, 3.8) is 0 Å². The smallest absolute Gasteiger partial charge is 0.258 e. The second kappa shape index (κ2) is 5.61. The molecule has 1 amide bonds. The molecule has 0 saturated carbocycles. The minimum absolute atomic E-state index is 0.0542. The normalized spacial score (nSPS) is 23.4. The molecule has 1 aliphatic rings. The average Bonchev–Trinajstić information content (AvgIpc) is 2.37. The van der Waals surface area contributed by atoms with Crippen LogP contribution in [-0.4, -0.2) is 34.5 Å². The fourth-order valence-corrected chi connectivity index (χ4v) is 2.85. The molecule has 4 nitrogen and oxygen atoms in total. The monoisotopic (exact) mass is 262 g/mol. The summed E-state index contributed by atoms with van der Waals surface area (Å²) in [5.74, 6) is -0.0568. The van der Waals surface area contributed by atoms with Gasteiger partial charge in [-0.2, -0.15) is 0 Å². The number of rotatable bonds is 2. The van der Waals surface area contributed by atoms with Crippen LogP contribution in [0.3, 0.4) is 0 Å². The van der Waals surface area contributed by atoms with Crippen molar-refractivity contribution in [1.29, 1.82) is 0 Å². The molecule has 1 aromatic rings. The second-order valence-corrected chi connectivity index (χ2v) is 5.40. The van der Waals surface area contributed by atoms with Crippen LogP contribution in [0.25, 0.3) is 0 Å². The number of phenolic OH excluding ortho intramolecular Hbond substituents is 1. The molecular formula is C15H22N2O2. The van der Waals surface area contributed by atoms with Crippen LogP contribution in [0.5, 0.6) is 5.75 Å². The zero-order valence-corrected chi connectivity index (χ0v) is 11.6. The van der Waals surface area contributed by atoms with Gasteiger partial charge in [-0.3, -0.25) is 4.79 Å². The van der Waals surface area contributed by atoms with Gasteiger partial charge in [0.2, 0.25) is 0 Å². The Hall–Kier alpha value is -1.55. The van der Waals surface area contributed by atoms with Gasteiger partial charge in [-0.1, -0.05) is 6.07 Å². The SMILES string of the molecule is Cc1ccc(C(=O)N2C(C)CCCC2CN)c(O)c1. The van der Waals surface area contributed by atoms with Gasteiger partial charge >= 0.3 is 0 Å². The number of phenols is 1. The first kappa shape index (κ1) is 13.9. The number of amides is 1. The molecule has 1 saturated heterocycles. The van der Waals surface area contributed by atoms with Crippen LogP contribution in [0.15, 0.2) is 18.2 Å². The molecule has 1 heterocycles. The molecule has 1 aromatic carbocycles. The van der Waals surface area contributed by atoms with Crippen LogP contribution >= 0.6 is 0 Å². The van der Waals surface area contributed by atoms with Crippen LogP contribution in [0.1, 0.15) is 42.1 Å². The predicted molar refractivity (Wildman–Crippen MR) is 75.2 cm³/mol. The lowest BCUT2D eigenvalue weighted by atomic mass is 9.95. The van der Waals surface area contributed by atoms with E-state index in [9.17, 15) is 9.90 Å². The Morgan fingerprint density at radius 3 is 2.84 bits per heavy atom.